The smallest absolute Gasteiger partial charge is 0.276 e. The van der Waals surface area contributed by atoms with Gasteiger partial charge in [-0.05, 0) is 43.7 Å². The van der Waals surface area contributed by atoms with E-state index in [9.17, 15) is 14.4 Å². The molecule has 0 aliphatic rings. The van der Waals surface area contributed by atoms with Crippen LogP contribution in [0.15, 0.2) is 59.5 Å². The Kier molecular flexibility index (Phi) is 6.13. The third kappa shape index (κ3) is 5.35. The zero-order chi connectivity index (χ0) is 20.8. The Bertz CT molecular complexity index is 1090. The Morgan fingerprint density at radius 2 is 1.76 bits per heavy atom. The predicted molar refractivity (Wildman–Crippen MR) is 110 cm³/mol. The van der Waals surface area contributed by atoms with Gasteiger partial charge in [-0.2, -0.15) is 5.10 Å². The fourth-order valence-electron chi connectivity index (χ4n) is 2.58. The van der Waals surface area contributed by atoms with Crippen molar-refractivity contribution in [2.45, 2.75) is 26.8 Å². The molecule has 148 valence electrons. The van der Waals surface area contributed by atoms with Gasteiger partial charge in [-0.1, -0.05) is 23.8 Å². The highest BCUT2D eigenvalue weighted by atomic mass is 16.2. The maximum atomic E-state index is 12.4. The standard InChI is InChI=1S/C21H21N5O3/c1-14-5-7-16(8-6-14)23-21(29)17-9-10-19(28)26(25-17)13-11-18(27)24-20-15(2)4-3-12-22-20/h3-10,12H,11,13H2,1-2H3,(H,23,29)(H,22,24,27). The van der Waals surface area contributed by atoms with Gasteiger partial charge in [0, 0.05) is 24.4 Å². The van der Waals surface area contributed by atoms with E-state index in [2.05, 4.69) is 20.7 Å². The van der Waals surface area contributed by atoms with Crippen molar-refractivity contribution in [2.24, 2.45) is 0 Å². The molecule has 3 rings (SSSR count). The summed E-state index contributed by atoms with van der Waals surface area (Å²) >= 11 is 0. The molecule has 2 aromatic heterocycles. The Labute approximate surface area is 167 Å². The minimum atomic E-state index is -0.434. The molecule has 8 nitrogen and oxygen atoms in total. The van der Waals surface area contributed by atoms with E-state index >= 15 is 0 Å². The first-order valence-corrected chi connectivity index (χ1v) is 9.10. The molecule has 0 atom stereocenters. The zero-order valence-electron chi connectivity index (χ0n) is 16.2. The minimum absolute atomic E-state index is 0.0198. The van der Waals surface area contributed by atoms with Gasteiger partial charge in [-0.3, -0.25) is 14.4 Å². The second kappa shape index (κ2) is 8.92. The Hall–Kier alpha value is -3.81. The molecule has 0 aliphatic carbocycles. The van der Waals surface area contributed by atoms with Crippen LogP contribution in [0.3, 0.4) is 0 Å². The summed E-state index contributed by atoms with van der Waals surface area (Å²) in [6, 6.07) is 13.6. The van der Waals surface area contributed by atoms with Crippen LogP contribution in [0.2, 0.25) is 0 Å². The molecule has 3 aromatic rings. The van der Waals surface area contributed by atoms with Gasteiger partial charge in [-0.25, -0.2) is 9.67 Å². The van der Waals surface area contributed by atoms with E-state index < -0.39 is 11.5 Å². The van der Waals surface area contributed by atoms with E-state index in [1.807, 2.05) is 32.0 Å². The van der Waals surface area contributed by atoms with Crippen molar-refractivity contribution in [3.05, 3.63) is 81.9 Å². The number of benzene rings is 1. The lowest BCUT2D eigenvalue weighted by atomic mass is 10.2. The first-order chi connectivity index (χ1) is 13.9. The average molecular weight is 391 g/mol. The average Bonchev–Trinajstić information content (AvgIpc) is 2.71. The second-order valence-electron chi connectivity index (χ2n) is 6.57. The molecule has 0 saturated heterocycles. The van der Waals surface area contributed by atoms with E-state index in [1.54, 1.807) is 24.4 Å². The van der Waals surface area contributed by atoms with Gasteiger partial charge < -0.3 is 10.6 Å². The number of amides is 2. The van der Waals surface area contributed by atoms with E-state index in [-0.39, 0.29) is 24.6 Å². The maximum Gasteiger partial charge on any atom is 0.276 e. The summed E-state index contributed by atoms with van der Waals surface area (Å²) in [5.74, 6) is -0.254. The van der Waals surface area contributed by atoms with E-state index in [4.69, 9.17) is 0 Å². The maximum absolute atomic E-state index is 12.4. The third-order valence-corrected chi connectivity index (χ3v) is 4.23. The number of aromatic nitrogens is 3. The van der Waals surface area contributed by atoms with Crippen LogP contribution in [0.4, 0.5) is 11.5 Å². The summed E-state index contributed by atoms with van der Waals surface area (Å²) in [6.07, 6.45) is 1.61. The minimum Gasteiger partial charge on any atom is -0.321 e. The summed E-state index contributed by atoms with van der Waals surface area (Å²) in [5.41, 5.74) is 2.25. The van der Waals surface area contributed by atoms with Crippen LogP contribution in [0, 0.1) is 13.8 Å². The molecule has 8 heteroatoms. The van der Waals surface area contributed by atoms with Crippen LogP contribution in [0.5, 0.6) is 0 Å². The van der Waals surface area contributed by atoms with Crippen molar-refractivity contribution in [2.75, 3.05) is 10.6 Å². The Balaban J connectivity index is 1.65. The van der Waals surface area contributed by atoms with Gasteiger partial charge in [0.15, 0.2) is 0 Å². The van der Waals surface area contributed by atoms with E-state index in [1.165, 1.54) is 12.1 Å². The molecule has 1 aromatic carbocycles. The Morgan fingerprint density at radius 1 is 1.00 bits per heavy atom. The molecule has 2 N–H and O–H groups in total. The largest absolute Gasteiger partial charge is 0.321 e. The van der Waals surface area contributed by atoms with Crippen molar-refractivity contribution >= 4 is 23.3 Å². The molecule has 0 fully saturated rings. The molecule has 2 heterocycles. The predicted octanol–water partition coefficient (Wildman–Crippen LogP) is 2.54. The number of nitrogens with one attached hydrogen (secondary N) is 2. The molecular formula is C21H21N5O3. The SMILES string of the molecule is Cc1ccc(NC(=O)c2ccc(=O)n(CCC(=O)Nc3ncccc3C)n2)cc1. The molecule has 0 unspecified atom stereocenters. The van der Waals surface area contributed by atoms with Gasteiger partial charge in [0.25, 0.3) is 11.5 Å². The van der Waals surface area contributed by atoms with Crippen LogP contribution >= 0.6 is 0 Å². The number of nitrogens with zero attached hydrogens (tertiary/aromatic N) is 3. The second-order valence-corrected chi connectivity index (χ2v) is 6.57. The Morgan fingerprint density at radius 3 is 2.48 bits per heavy atom. The normalized spacial score (nSPS) is 10.4. The summed E-state index contributed by atoms with van der Waals surface area (Å²) in [7, 11) is 0. The number of rotatable bonds is 6. The number of hydrogen-bond donors (Lipinski definition) is 2. The molecule has 0 radical (unpaired) electrons. The number of pyridine rings is 1. The molecule has 0 aliphatic heterocycles. The zero-order valence-corrected chi connectivity index (χ0v) is 16.2. The fourth-order valence-corrected chi connectivity index (χ4v) is 2.58. The highest BCUT2D eigenvalue weighted by Crippen LogP contribution is 2.10. The van der Waals surface area contributed by atoms with Crippen LogP contribution < -0.4 is 16.2 Å². The van der Waals surface area contributed by atoms with Gasteiger partial charge in [-0.15, -0.1) is 0 Å². The number of anilines is 2. The summed E-state index contributed by atoms with van der Waals surface area (Å²) in [5, 5.41) is 9.51. The summed E-state index contributed by atoms with van der Waals surface area (Å²) in [4.78, 5) is 40.7. The highest BCUT2D eigenvalue weighted by Gasteiger charge is 2.12. The molecular weight excluding hydrogens is 370 g/mol. The van der Waals surface area contributed by atoms with Gasteiger partial charge in [0.2, 0.25) is 5.91 Å². The summed E-state index contributed by atoms with van der Waals surface area (Å²) < 4.78 is 1.11. The summed E-state index contributed by atoms with van der Waals surface area (Å²) in [6.45, 7) is 3.83. The molecule has 0 spiro atoms. The topological polar surface area (TPSA) is 106 Å². The lowest BCUT2D eigenvalue weighted by molar-refractivity contribution is -0.116. The van der Waals surface area contributed by atoms with Gasteiger partial charge >= 0.3 is 0 Å². The quantitative estimate of drug-likeness (QED) is 0.672. The highest BCUT2D eigenvalue weighted by molar-refractivity contribution is 6.02. The van der Waals surface area contributed by atoms with Gasteiger partial charge in [0.05, 0.1) is 6.54 Å². The van der Waals surface area contributed by atoms with E-state index in [0.29, 0.717) is 11.5 Å². The number of carbonyl (C=O) groups excluding carboxylic acids is 2. The van der Waals surface area contributed by atoms with E-state index in [0.717, 1.165) is 15.8 Å². The molecule has 2 amide bonds. The molecule has 0 bridgehead atoms. The van der Waals surface area contributed by atoms with Crippen LogP contribution in [-0.2, 0) is 11.3 Å². The fraction of sp³-hybridized carbons (Fsp3) is 0.190. The lowest BCUT2D eigenvalue weighted by Crippen LogP contribution is -2.28. The van der Waals surface area contributed by atoms with Crippen LogP contribution in [0.1, 0.15) is 28.0 Å². The van der Waals surface area contributed by atoms with Crippen molar-refractivity contribution in [3.63, 3.8) is 0 Å². The van der Waals surface area contributed by atoms with Crippen molar-refractivity contribution in [3.8, 4) is 0 Å². The lowest BCUT2D eigenvalue weighted by Gasteiger charge is -2.09. The van der Waals surface area contributed by atoms with Crippen LogP contribution in [0.25, 0.3) is 0 Å². The van der Waals surface area contributed by atoms with Crippen molar-refractivity contribution < 1.29 is 9.59 Å². The third-order valence-electron chi connectivity index (χ3n) is 4.23. The first-order valence-electron chi connectivity index (χ1n) is 9.10. The number of hydrogen-bond acceptors (Lipinski definition) is 5. The molecule has 29 heavy (non-hydrogen) atoms. The first kappa shape index (κ1) is 19.9. The van der Waals surface area contributed by atoms with Crippen molar-refractivity contribution in [1.82, 2.24) is 14.8 Å². The number of aryl methyl sites for hydroxylation is 3. The monoisotopic (exact) mass is 391 g/mol. The molecule has 0 saturated carbocycles. The van der Waals surface area contributed by atoms with Gasteiger partial charge in [0.1, 0.15) is 11.5 Å². The van der Waals surface area contributed by atoms with Crippen molar-refractivity contribution in [1.29, 1.82) is 0 Å². The van der Waals surface area contributed by atoms with Crippen LogP contribution in [-0.4, -0.2) is 26.6 Å². The number of carbonyl (C=O) groups is 2.